The van der Waals surface area contributed by atoms with Gasteiger partial charge in [0, 0.05) is 25.7 Å². The fourth-order valence-electron chi connectivity index (χ4n) is 3.38. The van der Waals surface area contributed by atoms with Crippen molar-refractivity contribution in [2.75, 3.05) is 19.6 Å². The fraction of sp³-hybridized carbons (Fsp3) is 0.882. The molecular weight excluding hydrogens is 276 g/mol. The molecule has 124 valence electrons. The maximum absolute atomic E-state index is 12.0. The lowest BCUT2D eigenvalue weighted by molar-refractivity contribution is -0.127. The third kappa shape index (κ3) is 4.96. The van der Waals surface area contributed by atoms with Gasteiger partial charge in [-0.05, 0) is 37.5 Å². The minimum atomic E-state index is -0.0686. The van der Waals surface area contributed by atoms with Gasteiger partial charge in [-0.25, -0.2) is 0 Å². The summed E-state index contributed by atoms with van der Waals surface area (Å²) in [7, 11) is 0. The van der Waals surface area contributed by atoms with Crippen molar-refractivity contribution in [2.45, 2.75) is 58.0 Å². The number of carbonyl (C=O) groups is 1. The number of nitrogens with zero attached hydrogens (tertiary/aromatic N) is 1. The molecule has 2 fully saturated rings. The molecule has 1 aliphatic heterocycles. The Morgan fingerprint density at radius 3 is 2.45 bits per heavy atom. The molecule has 3 N–H and O–H groups in total. The first kappa shape index (κ1) is 17.2. The molecule has 1 saturated heterocycles. The van der Waals surface area contributed by atoms with Crippen LogP contribution in [0.5, 0.6) is 0 Å². The second-order valence-electron chi connectivity index (χ2n) is 7.19. The van der Waals surface area contributed by atoms with Gasteiger partial charge in [0.1, 0.15) is 0 Å². The van der Waals surface area contributed by atoms with E-state index < -0.39 is 0 Å². The molecule has 2 aliphatic rings. The van der Waals surface area contributed by atoms with Gasteiger partial charge in [-0.1, -0.05) is 13.8 Å². The van der Waals surface area contributed by atoms with Crippen LogP contribution in [-0.4, -0.2) is 37.6 Å². The average Bonchev–Trinajstić information content (AvgIpc) is 2.43. The first-order valence-electron chi connectivity index (χ1n) is 8.71. The maximum Gasteiger partial charge on any atom is 0.225 e. The molecule has 0 aromatic heterocycles. The van der Waals surface area contributed by atoms with Crippen molar-refractivity contribution >= 4 is 5.91 Å². The van der Waals surface area contributed by atoms with Gasteiger partial charge in [0.25, 0.3) is 0 Å². The monoisotopic (exact) mass is 306 g/mol. The Balaban J connectivity index is 1.70. The summed E-state index contributed by atoms with van der Waals surface area (Å²) in [5.74, 6) is 1.81. The Bertz CT molecular complexity index is 392. The predicted molar refractivity (Wildman–Crippen MR) is 87.1 cm³/mol. The molecule has 2 rings (SSSR count). The van der Waals surface area contributed by atoms with E-state index in [0.29, 0.717) is 19.0 Å². The van der Waals surface area contributed by atoms with Crippen LogP contribution >= 0.6 is 0 Å². The van der Waals surface area contributed by atoms with Crippen molar-refractivity contribution in [3.05, 3.63) is 0 Å². The molecule has 5 heteroatoms. The van der Waals surface area contributed by atoms with E-state index in [4.69, 9.17) is 5.26 Å². The van der Waals surface area contributed by atoms with E-state index in [-0.39, 0.29) is 17.9 Å². The Morgan fingerprint density at radius 2 is 1.95 bits per heavy atom. The van der Waals surface area contributed by atoms with Gasteiger partial charge >= 0.3 is 0 Å². The van der Waals surface area contributed by atoms with E-state index in [0.717, 1.165) is 24.9 Å². The molecule has 0 spiro atoms. The smallest absolute Gasteiger partial charge is 0.225 e. The molecule has 0 aromatic rings. The molecular formula is C17H30N4O. The van der Waals surface area contributed by atoms with Crippen molar-refractivity contribution in [3.8, 4) is 6.07 Å². The normalized spacial score (nSPS) is 27.0. The topological polar surface area (TPSA) is 77.0 Å². The molecule has 0 unspecified atom stereocenters. The van der Waals surface area contributed by atoms with Gasteiger partial charge in [0.05, 0.1) is 24.4 Å². The quantitative estimate of drug-likeness (QED) is 0.664. The van der Waals surface area contributed by atoms with Crippen LogP contribution in [0.4, 0.5) is 0 Å². The van der Waals surface area contributed by atoms with Crippen LogP contribution in [-0.2, 0) is 4.79 Å². The average molecular weight is 306 g/mol. The summed E-state index contributed by atoms with van der Waals surface area (Å²) in [5, 5.41) is 18.6. The molecule has 0 aromatic carbocycles. The van der Waals surface area contributed by atoms with E-state index in [2.05, 4.69) is 35.9 Å². The molecule has 1 saturated carbocycles. The Kier molecular flexibility index (Phi) is 6.66. The first-order valence-corrected chi connectivity index (χ1v) is 8.71. The van der Waals surface area contributed by atoms with Gasteiger partial charge in [-0.3, -0.25) is 4.79 Å². The molecule has 0 radical (unpaired) electrons. The third-order valence-corrected chi connectivity index (χ3v) is 5.20. The first-order chi connectivity index (χ1) is 10.6. The van der Waals surface area contributed by atoms with Crippen LogP contribution in [0.2, 0.25) is 0 Å². The lowest BCUT2D eigenvalue weighted by atomic mass is 9.79. The molecule has 0 bridgehead atoms. The van der Waals surface area contributed by atoms with Crippen LogP contribution in [0.15, 0.2) is 0 Å². The van der Waals surface area contributed by atoms with E-state index in [1.807, 2.05) is 0 Å². The van der Waals surface area contributed by atoms with Crippen LogP contribution in [0, 0.1) is 29.1 Å². The molecule has 1 atom stereocenters. The molecule has 1 amide bonds. The van der Waals surface area contributed by atoms with E-state index in [1.165, 1.54) is 25.7 Å². The van der Waals surface area contributed by atoms with E-state index >= 15 is 0 Å². The SMILES string of the molecule is CC(C)C1CCC(NC[C@H](CC#N)NC(=O)C2CNC2)CC1. The highest BCUT2D eigenvalue weighted by molar-refractivity contribution is 5.80. The molecule has 1 aliphatic carbocycles. The van der Waals surface area contributed by atoms with Crippen molar-refractivity contribution in [1.82, 2.24) is 16.0 Å². The zero-order chi connectivity index (χ0) is 15.9. The zero-order valence-electron chi connectivity index (χ0n) is 13.9. The molecule has 1 heterocycles. The largest absolute Gasteiger partial charge is 0.351 e. The van der Waals surface area contributed by atoms with Crippen molar-refractivity contribution in [3.63, 3.8) is 0 Å². The fourth-order valence-corrected chi connectivity index (χ4v) is 3.38. The van der Waals surface area contributed by atoms with E-state index in [9.17, 15) is 4.79 Å². The summed E-state index contributed by atoms with van der Waals surface area (Å²) >= 11 is 0. The number of hydrogen-bond acceptors (Lipinski definition) is 4. The molecule has 5 nitrogen and oxygen atoms in total. The third-order valence-electron chi connectivity index (χ3n) is 5.20. The number of hydrogen-bond donors (Lipinski definition) is 3. The highest BCUT2D eigenvalue weighted by atomic mass is 16.2. The van der Waals surface area contributed by atoms with Crippen molar-refractivity contribution in [1.29, 1.82) is 5.26 Å². The van der Waals surface area contributed by atoms with Gasteiger partial charge in [0.15, 0.2) is 0 Å². The van der Waals surface area contributed by atoms with Gasteiger partial charge < -0.3 is 16.0 Å². The van der Waals surface area contributed by atoms with Gasteiger partial charge in [-0.15, -0.1) is 0 Å². The highest BCUT2D eigenvalue weighted by Crippen LogP contribution is 2.29. The lowest BCUT2D eigenvalue weighted by Crippen LogP contribution is -2.54. The number of nitriles is 1. The summed E-state index contributed by atoms with van der Waals surface area (Å²) in [5.41, 5.74) is 0. The minimum absolute atomic E-state index is 0.0686. The Labute approximate surface area is 134 Å². The van der Waals surface area contributed by atoms with Gasteiger partial charge in [-0.2, -0.15) is 5.26 Å². The molecule has 22 heavy (non-hydrogen) atoms. The summed E-state index contributed by atoms with van der Waals surface area (Å²) in [6.07, 6.45) is 5.38. The number of carbonyl (C=O) groups excluding carboxylic acids is 1. The number of amides is 1. The second-order valence-corrected chi connectivity index (χ2v) is 7.19. The van der Waals surface area contributed by atoms with Crippen molar-refractivity contribution < 1.29 is 4.79 Å². The van der Waals surface area contributed by atoms with Crippen LogP contribution < -0.4 is 16.0 Å². The summed E-state index contributed by atoms with van der Waals surface area (Å²) < 4.78 is 0. The minimum Gasteiger partial charge on any atom is -0.351 e. The standard InChI is InChI=1S/C17H30N4O/c1-12(2)13-3-5-15(6-4-13)20-11-16(7-8-18)21-17(22)14-9-19-10-14/h12-16,19-20H,3-7,9-11H2,1-2H3,(H,21,22)/t13?,15?,16-/m0/s1. The summed E-state index contributed by atoms with van der Waals surface area (Å²) in [6, 6.07) is 2.66. The second kappa shape index (κ2) is 8.50. The lowest BCUT2D eigenvalue weighted by Gasteiger charge is -2.33. The summed E-state index contributed by atoms with van der Waals surface area (Å²) in [4.78, 5) is 12.0. The van der Waals surface area contributed by atoms with E-state index in [1.54, 1.807) is 0 Å². The Hall–Kier alpha value is -1.12. The number of nitrogens with one attached hydrogen (secondary N) is 3. The number of rotatable bonds is 7. The maximum atomic E-state index is 12.0. The van der Waals surface area contributed by atoms with Crippen molar-refractivity contribution in [2.24, 2.45) is 17.8 Å². The Morgan fingerprint density at radius 1 is 1.27 bits per heavy atom. The predicted octanol–water partition coefficient (Wildman–Crippen LogP) is 1.41. The van der Waals surface area contributed by atoms with Crippen LogP contribution in [0.3, 0.4) is 0 Å². The zero-order valence-corrected chi connectivity index (χ0v) is 13.9. The van der Waals surface area contributed by atoms with Crippen LogP contribution in [0.1, 0.15) is 46.0 Å². The summed E-state index contributed by atoms with van der Waals surface area (Å²) in [6.45, 7) is 6.85. The van der Waals surface area contributed by atoms with Crippen LogP contribution in [0.25, 0.3) is 0 Å². The highest BCUT2D eigenvalue weighted by Gasteiger charge is 2.27. The van der Waals surface area contributed by atoms with Gasteiger partial charge in [0.2, 0.25) is 5.91 Å².